The molecule has 0 saturated carbocycles. The first-order valence-electron chi connectivity index (χ1n) is 10.2. The van der Waals surface area contributed by atoms with Crippen LogP contribution in [0.1, 0.15) is 40.0 Å². The molecule has 0 spiro atoms. The number of aromatic carboxylic acids is 1. The minimum atomic E-state index is -2.07. The van der Waals surface area contributed by atoms with Crippen molar-refractivity contribution in [1.82, 2.24) is 0 Å². The molecular formula is C23H22O6. The van der Waals surface area contributed by atoms with Crippen LogP contribution in [-0.2, 0) is 4.74 Å². The van der Waals surface area contributed by atoms with Crippen molar-refractivity contribution in [2.24, 2.45) is 0 Å². The van der Waals surface area contributed by atoms with Gasteiger partial charge in [0.05, 0.1) is 23.7 Å². The Morgan fingerprint density at radius 1 is 0.862 bits per heavy atom. The zero-order chi connectivity index (χ0) is 25.1. The number of methoxy groups -OCH3 is 1. The molecule has 29 heavy (non-hydrogen) atoms. The van der Waals surface area contributed by atoms with E-state index < -0.39 is 25.1 Å². The predicted octanol–water partition coefficient (Wildman–Crippen LogP) is 3.66. The lowest BCUT2D eigenvalue weighted by molar-refractivity contribution is 0.0599. The largest absolute Gasteiger partial charge is 0.481 e. The van der Waals surface area contributed by atoms with Crippen LogP contribution in [0.5, 0.6) is 11.5 Å². The number of ether oxygens (including phenoxy) is 3. The smallest absolute Gasteiger partial charge is 0.337 e. The van der Waals surface area contributed by atoms with Crippen molar-refractivity contribution in [3.05, 3.63) is 59.7 Å². The number of esters is 1. The molecule has 1 N–H and O–H groups in total. The summed E-state index contributed by atoms with van der Waals surface area (Å²) in [6.07, 6.45) is 0. The third-order valence-electron chi connectivity index (χ3n) is 3.07. The van der Waals surface area contributed by atoms with E-state index in [9.17, 15) is 9.59 Å². The highest BCUT2D eigenvalue weighted by Gasteiger charge is 2.04. The maximum Gasteiger partial charge on any atom is 0.337 e. The molecule has 0 aromatic heterocycles. The predicted molar refractivity (Wildman–Crippen MR) is 109 cm³/mol. The van der Waals surface area contributed by atoms with Crippen LogP contribution < -0.4 is 9.47 Å². The van der Waals surface area contributed by atoms with Gasteiger partial charge in [-0.05, 0) is 62.4 Å². The Kier molecular flexibility index (Phi) is 7.89. The monoisotopic (exact) mass is 398 g/mol. The maximum absolute atomic E-state index is 11.2. The molecule has 0 bridgehead atoms. The third kappa shape index (κ3) is 9.03. The number of carbonyl (C=O) groups excluding carboxylic acids is 1. The fraction of sp³-hybridized carbons (Fsp3) is 0.217. The summed E-state index contributed by atoms with van der Waals surface area (Å²) in [5.74, 6) is 8.44. The molecule has 0 aliphatic rings. The van der Waals surface area contributed by atoms with E-state index in [1.54, 1.807) is 0 Å². The minimum Gasteiger partial charge on any atom is -0.481 e. The van der Waals surface area contributed by atoms with Gasteiger partial charge in [0.25, 0.3) is 0 Å². The average Bonchev–Trinajstić information content (AvgIpc) is 2.74. The van der Waals surface area contributed by atoms with E-state index >= 15 is 0 Å². The molecule has 6 heteroatoms. The highest BCUT2D eigenvalue weighted by atomic mass is 16.5. The summed E-state index contributed by atoms with van der Waals surface area (Å²) in [4.78, 5) is 21.7. The van der Waals surface area contributed by atoms with E-state index in [0.717, 1.165) is 0 Å². The van der Waals surface area contributed by atoms with E-state index in [1.807, 2.05) is 0 Å². The summed E-state index contributed by atoms with van der Waals surface area (Å²) < 4.78 is 44.0. The second-order valence-corrected chi connectivity index (χ2v) is 5.00. The first-order valence-corrected chi connectivity index (χ1v) is 8.20. The van der Waals surface area contributed by atoms with Gasteiger partial charge in [0, 0.05) is 0 Å². The fourth-order valence-corrected chi connectivity index (χ4v) is 1.71. The molecule has 0 saturated heterocycles. The van der Waals surface area contributed by atoms with Crippen LogP contribution >= 0.6 is 0 Å². The van der Waals surface area contributed by atoms with E-state index in [1.165, 1.54) is 69.5 Å². The van der Waals surface area contributed by atoms with E-state index in [-0.39, 0.29) is 11.3 Å². The molecule has 0 aliphatic carbocycles. The van der Waals surface area contributed by atoms with Gasteiger partial charge in [-0.25, -0.2) is 9.59 Å². The van der Waals surface area contributed by atoms with Crippen molar-refractivity contribution in [3.8, 4) is 35.2 Å². The van der Waals surface area contributed by atoms with Crippen molar-refractivity contribution in [1.29, 1.82) is 0 Å². The first-order chi connectivity index (χ1) is 15.4. The van der Waals surface area contributed by atoms with Crippen LogP contribution in [0.15, 0.2) is 48.5 Å². The van der Waals surface area contributed by atoms with E-state index in [4.69, 9.17) is 20.1 Å². The molecule has 6 nitrogen and oxygen atoms in total. The molecule has 0 heterocycles. The van der Waals surface area contributed by atoms with Crippen LogP contribution in [0.3, 0.4) is 0 Å². The standard InChI is InChI=1S/C12H12O3.C11H10O3/c1-3-4-9-15-11-7-5-10(6-8-11)12(13)14-2;1-2-3-8-14-10-6-4-9(5-7-10)11(12)13/h5-8H,9H2,1-2H3;4-7H,8H2,1H3,(H,12,13)/i9D2;8D2. The van der Waals surface area contributed by atoms with Crippen LogP contribution in [0.25, 0.3) is 0 Å². The average molecular weight is 398 g/mol. The molecule has 0 fully saturated rings. The molecule has 2 aromatic carbocycles. The second-order valence-electron chi connectivity index (χ2n) is 5.00. The number of hydrogen-bond acceptors (Lipinski definition) is 5. The summed E-state index contributed by atoms with van der Waals surface area (Å²) in [5.41, 5.74) is 0.497. The SMILES string of the molecule is [2H]C([2H])(C#CC)Oc1ccc(C(=O)O)cc1.[2H]C([2H])(C#CC)Oc1ccc(C(=O)OC)cc1. The zero-order valence-corrected chi connectivity index (χ0v) is 16.1. The van der Waals surface area contributed by atoms with Crippen molar-refractivity contribution < 1.29 is 34.4 Å². The number of carboxylic acid groups (broad SMARTS) is 1. The van der Waals surface area contributed by atoms with Gasteiger partial charge in [-0.2, -0.15) is 0 Å². The van der Waals surface area contributed by atoms with Crippen molar-refractivity contribution in [3.63, 3.8) is 0 Å². The summed E-state index contributed by atoms with van der Waals surface area (Å²) in [5, 5.41) is 8.66. The lowest BCUT2D eigenvalue weighted by Crippen LogP contribution is -2.01. The molecule has 0 amide bonds. The molecule has 0 aliphatic heterocycles. The zero-order valence-electron chi connectivity index (χ0n) is 20.1. The van der Waals surface area contributed by atoms with Gasteiger partial charge < -0.3 is 19.3 Å². The number of rotatable bonds is 6. The normalized spacial score (nSPS) is 11.7. The lowest BCUT2D eigenvalue weighted by Gasteiger charge is -2.02. The summed E-state index contributed by atoms with van der Waals surface area (Å²) in [6, 6.07) is 11.4. The molecule has 0 unspecified atom stereocenters. The number of carboxylic acids is 1. The molecule has 2 aromatic rings. The Balaban J connectivity index is 0.000000331. The first kappa shape index (κ1) is 17.2. The minimum absolute atomic E-state index is 0.120. The van der Waals surface area contributed by atoms with Crippen molar-refractivity contribution in [2.45, 2.75) is 13.8 Å². The van der Waals surface area contributed by atoms with Crippen LogP contribution in [0.4, 0.5) is 0 Å². The third-order valence-corrected chi connectivity index (χ3v) is 3.07. The summed E-state index contributed by atoms with van der Waals surface area (Å²) in [6.45, 7) is -1.07. The quantitative estimate of drug-likeness (QED) is 0.591. The number of benzene rings is 2. The van der Waals surface area contributed by atoms with Gasteiger partial charge in [-0.3, -0.25) is 0 Å². The van der Waals surface area contributed by atoms with Gasteiger partial charge in [0.2, 0.25) is 0 Å². The lowest BCUT2D eigenvalue weighted by atomic mass is 10.2. The van der Waals surface area contributed by atoms with Crippen LogP contribution in [-0.4, -0.2) is 37.3 Å². The molecular weight excluding hydrogens is 372 g/mol. The Bertz CT molecular complexity index is 1070. The highest BCUT2D eigenvalue weighted by Crippen LogP contribution is 2.13. The van der Waals surface area contributed by atoms with Crippen molar-refractivity contribution >= 4 is 11.9 Å². The topological polar surface area (TPSA) is 82.1 Å². The Hall–Kier alpha value is -3.90. The number of carbonyl (C=O) groups is 2. The van der Waals surface area contributed by atoms with Gasteiger partial charge >= 0.3 is 11.9 Å². The molecule has 150 valence electrons. The van der Waals surface area contributed by atoms with Gasteiger partial charge in [0.1, 0.15) is 24.6 Å². The van der Waals surface area contributed by atoms with Crippen LogP contribution in [0.2, 0.25) is 0 Å². The van der Waals surface area contributed by atoms with Gasteiger partial charge in [0.15, 0.2) is 0 Å². The van der Waals surface area contributed by atoms with Gasteiger partial charge in [-0.1, -0.05) is 11.8 Å². The second kappa shape index (κ2) is 13.3. The Morgan fingerprint density at radius 3 is 1.62 bits per heavy atom. The Labute approximate surface area is 176 Å². The molecule has 2 rings (SSSR count). The fourth-order valence-electron chi connectivity index (χ4n) is 1.71. The van der Waals surface area contributed by atoms with E-state index in [0.29, 0.717) is 11.3 Å². The molecule has 0 radical (unpaired) electrons. The summed E-state index contributed by atoms with van der Waals surface area (Å²) >= 11 is 0. The molecule has 0 atom stereocenters. The van der Waals surface area contributed by atoms with Crippen molar-refractivity contribution in [2.75, 3.05) is 20.2 Å². The Morgan fingerprint density at radius 2 is 1.28 bits per heavy atom. The van der Waals surface area contributed by atoms with Gasteiger partial charge in [-0.15, -0.1) is 11.8 Å². The van der Waals surface area contributed by atoms with E-state index in [2.05, 4.69) is 28.4 Å². The number of hydrogen-bond donors (Lipinski definition) is 1. The summed E-state index contributed by atoms with van der Waals surface area (Å²) in [7, 11) is 1.29. The van der Waals surface area contributed by atoms with Crippen LogP contribution in [0, 0.1) is 23.7 Å². The highest BCUT2D eigenvalue weighted by molar-refractivity contribution is 5.89. The maximum atomic E-state index is 11.2.